The zero-order valence-corrected chi connectivity index (χ0v) is 10.8. The van der Waals surface area contributed by atoms with Gasteiger partial charge in [0.25, 0.3) is 5.89 Å². The first-order valence-electron chi connectivity index (χ1n) is 5.65. The standard InChI is InChI=1S/C12H8F4N2O3/c1-4(11-18-17-5(2)21-11)20-12(19)8-9(15)6(13)3-7(14)10(8)16/h3-4H,1-2H3/t4-/m1/s1. The average molecular weight is 304 g/mol. The molecule has 5 nitrogen and oxygen atoms in total. The molecule has 1 aromatic heterocycles. The lowest BCUT2D eigenvalue weighted by Gasteiger charge is -2.11. The van der Waals surface area contributed by atoms with Crippen LogP contribution in [0.3, 0.4) is 0 Å². The molecule has 1 heterocycles. The molecule has 0 saturated heterocycles. The number of hydrogen-bond acceptors (Lipinski definition) is 5. The van der Waals surface area contributed by atoms with Crippen molar-refractivity contribution in [2.75, 3.05) is 0 Å². The number of ether oxygens (including phenoxy) is 1. The van der Waals surface area contributed by atoms with Crippen molar-refractivity contribution in [3.63, 3.8) is 0 Å². The molecule has 0 aliphatic rings. The van der Waals surface area contributed by atoms with Crippen molar-refractivity contribution in [1.82, 2.24) is 10.2 Å². The Labute approximate surface area is 115 Å². The third-order valence-electron chi connectivity index (χ3n) is 2.49. The van der Waals surface area contributed by atoms with Gasteiger partial charge >= 0.3 is 5.97 Å². The van der Waals surface area contributed by atoms with Gasteiger partial charge in [0.1, 0.15) is 5.56 Å². The maximum Gasteiger partial charge on any atom is 0.345 e. The van der Waals surface area contributed by atoms with Gasteiger partial charge in [-0.2, -0.15) is 0 Å². The molecule has 0 amide bonds. The molecule has 1 aromatic carbocycles. The second kappa shape index (κ2) is 5.51. The number of benzene rings is 1. The number of esters is 1. The number of carbonyl (C=O) groups is 1. The minimum Gasteiger partial charge on any atom is -0.449 e. The fraction of sp³-hybridized carbons (Fsp3) is 0.250. The van der Waals surface area contributed by atoms with E-state index in [0.717, 1.165) is 0 Å². The molecule has 0 aliphatic heterocycles. The van der Waals surface area contributed by atoms with E-state index in [1.807, 2.05) is 0 Å². The predicted octanol–water partition coefficient (Wildman–Crippen LogP) is 2.85. The molecule has 0 radical (unpaired) electrons. The Balaban J connectivity index is 2.29. The molecule has 112 valence electrons. The van der Waals surface area contributed by atoms with Crippen LogP contribution in [0.2, 0.25) is 0 Å². The van der Waals surface area contributed by atoms with E-state index in [-0.39, 0.29) is 17.8 Å². The second-order valence-corrected chi connectivity index (χ2v) is 4.05. The van der Waals surface area contributed by atoms with Crippen molar-refractivity contribution in [2.45, 2.75) is 20.0 Å². The predicted molar refractivity (Wildman–Crippen MR) is 59.1 cm³/mol. The maximum absolute atomic E-state index is 13.4. The summed E-state index contributed by atoms with van der Waals surface area (Å²) in [6, 6.07) is -0.00770. The summed E-state index contributed by atoms with van der Waals surface area (Å²) in [4.78, 5) is 11.7. The zero-order chi connectivity index (χ0) is 15.7. The maximum atomic E-state index is 13.4. The van der Waals surface area contributed by atoms with Gasteiger partial charge in [-0.15, -0.1) is 10.2 Å². The van der Waals surface area contributed by atoms with Crippen LogP contribution in [0, 0.1) is 30.2 Å². The minimum atomic E-state index is -1.84. The Hall–Kier alpha value is -2.45. The first kappa shape index (κ1) is 14.9. The van der Waals surface area contributed by atoms with Gasteiger partial charge in [-0.1, -0.05) is 0 Å². The number of carbonyl (C=O) groups excluding carboxylic acids is 1. The SMILES string of the molecule is Cc1nnc([C@@H](C)OC(=O)c2c(F)c(F)cc(F)c2F)o1. The van der Waals surface area contributed by atoms with E-state index in [1.54, 1.807) is 0 Å². The van der Waals surface area contributed by atoms with Gasteiger partial charge in [0.05, 0.1) is 0 Å². The van der Waals surface area contributed by atoms with Gasteiger partial charge in [0, 0.05) is 13.0 Å². The Bertz CT molecular complexity index is 676. The van der Waals surface area contributed by atoms with E-state index in [0.29, 0.717) is 0 Å². The summed E-state index contributed by atoms with van der Waals surface area (Å²) in [6.07, 6.45) is -1.15. The highest BCUT2D eigenvalue weighted by molar-refractivity contribution is 5.90. The highest BCUT2D eigenvalue weighted by atomic mass is 19.2. The summed E-state index contributed by atoms with van der Waals surface area (Å²) in [5.74, 6) is -8.63. The molecule has 1 atom stereocenters. The molecule has 0 spiro atoms. The smallest absolute Gasteiger partial charge is 0.345 e. The highest BCUT2D eigenvalue weighted by Crippen LogP contribution is 2.23. The van der Waals surface area contributed by atoms with Crippen LogP contribution >= 0.6 is 0 Å². The van der Waals surface area contributed by atoms with Gasteiger partial charge < -0.3 is 9.15 Å². The summed E-state index contributed by atoms with van der Waals surface area (Å²) in [6.45, 7) is 2.77. The minimum absolute atomic E-state index is 0.00770. The number of aromatic nitrogens is 2. The molecule has 21 heavy (non-hydrogen) atoms. The van der Waals surface area contributed by atoms with Crippen LogP contribution in [0.5, 0.6) is 0 Å². The van der Waals surface area contributed by atoms with Crippen LogP contribution in [0.4, 0.5) is 17.6 Å². The van der Waals surface area contributed by atoms with Gasteiger partial charge in [-0.05, 0) is 6.92 Å². The van der Waals surface area contributed by atoms with Gasteiger partial charge in [-0.3, -0.25) is 0 Å². The summed E-state index contributed by atoms with van der Waals surface area (Å²) in [7, 11) is 0. The zero-order valence-electron chi connectivity index (χ0n) is 10.8. The second-order valence-electron chi connectivity index (χ2n) is 4.05. The average Bonchev–Trinajstić information content (AvgIpc) is 2.83. The number of halogens is 4. The summed E-state index contributed by atoms with van der Waals surface area (Å²) in [5, 5.41) is 7.02. The van der Waals surface area contributed by atoms with Crippen LogP contribution in [-0.2, 0) is 4.74 Å². The van der Waals surface area contributed by atoms with E-state index in [2.05, 4.69) is 14.9 Å². The molecular formula is C12H8F4N2O3. The van der Waals surface area contributed by atoms with E-state index >= 15 is 0 Å². The fourth-order valence-corrected chi connectivity index (χ4v) is 1.50. The molecule has 2 rings (SSSR count). The van der Waals surface area contributed by atoms with Crippen LogP contribution in [0.1, 0.15) is 35.2 Å². The molecule has 0 saturated carbocycles. The van der Waals surface area contributed by atoms with Crippen LogP contribution in [0.15, 0.2) is 10.5 Å². The molecule has 0 aliphatic carbocycles. The molecule has 9 heteroatoms. The summed E-state index contributed by atoms with van der Waals surface area (Å²) >= 11 is 0. The largest absolute Gasteiger partial charge is 0.449 e. The van der Waals surface area contributed by atoms with Crippen LogP contribution in [0.25, 0.3) is 0 Å². The molecule has 0 bridgehead atoms. The van der Waals surface area contributed by atoms with Crippen molar-refractivity contribution < 1.29 is 31.5 Å². The molecule has 2 aromatic rings. The fourth-order valence-electron chi connectivity index (χ4n) is 1.50. The third-order valence-corrected chi connectivity index (χ3v) is 2.49. The summed E-state index contributed by atoms with van der Waals surface area (Å²) < 4.78 is 62.5. The monoisotopic (exact) mass is 304 g/mol. The van der Waals surface area contributed by atoms with Gasteiger partial charge in [0.15, 0.2) is 29.4 Å². The Morgan fingerprint density at radius 1 is 1.19 bits per heavy atom. The quantitative estimate of drug-likeness (QED) is 0.495. The van der Waals surface area contributed by atoms with Crippen LogP contribution < -0.4 is 0 Å². The number of hydrogen-bond donors (Lipinski definition) is 0. The van der Waals surface area contributed by atoms with Crippen molar-refractivity contribution in [2.24, 2.45) is 0 Å². The van der Waals surface area contributed by atoms with E-state index in [9.17, 15) is 22.4 Å². The first-order valence-corrected chi connectivity index (χ1v) is 5.65. The molecule has 0 N–H and O–H groups in total. The molecular weight excluding hydrogens is 296 g/mol. The van der Waals surface area contributed by atoms with Crippen LogP contribution in [-0.4, -0.2) is 16.2 Å². The third kappa shape index (κ3) is 2.86. The van der Waals surface area contributed by atoms with Crippen molar-refractivity contribution in [1.29, 1.82) is 0 Å². The molecule has 0 fully saturated rings. The molecule has 0 unspecified atom stereocenters. The Kier molecular flexibility index (Phi) is 3.92. The Morgan fingerprint density at radius 3 is 2.24 bits per heavy atom. The Morgan fingerprint density at radius 2 is 1.76 bits per heavy atom. The lowest BCUT2D eigenvalue weighted by atomic mass is 10.2. The number of rotatable bonds is 3. The summed E-state index contributed by atoms with van der Waals surface area (Å²) in [5.41, 5.74) is -1.46. The van der Waals surface area contributed by atoms with E-state index in [4.69, 9.17) is 4.42 Å². The highest BCUT2D eigenvalue weighted by Gasteiger charge is 2.28. The van der Waals surface area contributed by atoms with Gasteiger partial charge in [0.2, 0.25) is 5.89 Å². The van der Waals surface area contributed by atoms with Gasteiger partial charge in [-0.25, -0.2) is 22.4 Å². The lowest BCUT2D eigenvalue weighted by molar-refractivity contribution is 0.0263. The first-order chi connectivity index (χ1) is 9.81. The van der Waals surface area contributed by atoms with Crippen molar-refractivity contribution in [3.8, 4) is 0 Å². The lowest BCUT2D eigenvalue weighted by Crippen LogP contribution is -2.15. The van der Waals surface area contributed by atoms with Crippen molar-refractivity contribution in [3.05, 3.63) is 46.7 Å². The van der Waals surface area contributed by atoms with E-state index in [1.165, 1.54) is 13.8 Å². The number of aryl methyl sites for hydroxylation is 1. The number of nitrogens with zero attached hydrogens (tertiary/aromatic N) is 2. The van der Waals surface area contributed by atoms with E-state index < -0.39 is 40.9 Å². The van der Waals surface area contributed by atoms with Crippen molar-refractivity contribution >= 4 is 5.97 Å². The normalized spacial score (nSPS) is 12.3. The topological polar surface area (TPSA) is 65.2 Å².